The van der Waals surface area contributed by atoms with Gasteiger partial charge in [-0.05, 0) is 18.6 Å². The first-order chi connectivity index (χ1) is 8.93. The zero-order valence-corrected chi connectivity index (χ0v) is 10.2. The molecule has 7 nitrogen and oxygen atoms in total. The van der Waals surface area contributed by atoms with Crippen LogP contribution >= 0.6 is 0 Å². The Kier molecular flexibility index (Phi) is 4.87. The number of aliphatic carboxylic acids is 1. The Morgan fingerprint density at radius 3 is 2.16 bits per heavy atom. The Labute approximate surface area is 109 Å². The Balaban J connectivity index is 3.03. The third-order valence-corrected chi connectivity index (χ3v) is 2.53. The molecule has 0 aliphatic rings. The molecular weight excluding hydrogens is 250 g/mol. The van der Waals surface area contributed by atoms with Crippen LogP contribution in [0.3, 0.4) is 0 Å². The number of hydrogen-bond donors (Lipinski definition) is 3. The number of nitrogens with two attached hydrogens (primary N) is 2. The van der Waals surface area contributed by atoms with Gasteiger partial charge in [0.25, 0.3) is 0 Å². The first-order valence-electron chi connectivity index (χ1n) is 5.58. The Hall–Kier alpha value is -2.57. The van der Waals surface area contributed by atoms with Crippen LogP contribution in [0.15, 0.2) is 30.3 Å². The first-order valence-corrected chi connectivity index (χ1v) is 5.58. The fraction of sp³-hybridized carbons (Fsp3) is 0.250. The lowest BCUT2D eigenvalue weighted by atomic mass is 10.1. The van der Waals surface area contributed by atoms with E-state index >= 15 is 0 Å². The van der Waals surface area contributed by atoms with Gasteiger partial charge in [-0.3, -0.25) is 9.69 Å². The summed E-state index contributed by atoms with van der Waals surface area (Å²) >= 11 is 0. The molecule has 1 aromatic rings. The summed E-state index contributed by atoms with van der Waals surface area (Å²) in [5, 5.41) is 9.17. The predicted octanol–water partition coefficient (Wildman–Crippen LogP) is 0.290. The lowest BCUT2D eigenvalue weighted by molar-refractivity contribution is -0.138. The second-order valence-electron chi connectivity index (χ2n) is 3.90. The van der Waals surface area contributed by atoms with Crippen molar-refractivity contribution >= 4 is 23.6 Å². The van der Waals surface area contributed by atoms with E-state index in [1.165, 1.54) is 0 Å². The number of para-hydroxylation sites is 1. The van der Waals surface area contributed by atoms with E-state index in [0.29, 0.717) is 5.69 Å². The molecule has 3 amide bonds. The maximum Gasteiger partial charge on any atom is 0.326 e. The van der Waals surface area contributed by atoms with Crippen molar-refractivity contribution in [1.29, 1.82) is 0 Å². The van der Waals surface area contributed by atoms with Gasteiger partial charge in [0.05, 0.1) is 0 Å². The molecule has 0 aromatic heterocycles. The van der Waals surface area contributed by atoms with E-state index in [1.54, 1.807) is 30.3 Å². The molecule has 1 rings (SSSR count). The van der Waals surface area contributed by atoms with Crippen molar-refractivity contribution in [2.75, 3.05) is 4.90 Å². The minimum Gasteiger partial charge on any atom is -0.480 e. The smallest absolute Gasteiger partial charge is 0.326 e. The highest BCUT2D eigenvalue weighted by Crippen LogP contribution is 2.19. The van der Waals surface area contributed by atoms with Crippen LogP contribution in [0.2, 0.25) is 0 Å². The number of rotatable bonds is 6. The van der Waals surface area contributed by atoms with Gasteiger partial charge in [0.2, 0.25) is 5.91 Å². The number of hydrogen-bond acceptors (Lipinski definition) is 3. The Bertz CT molecular complexity index is 475. The van der Waals surface area contributed by atoms with Gasteiger partial charge < -0.3 is 16.6 Å². The minimum absolute atomic E-state index is 0.0947. The van der Waals surface area contributed by atoms with Crippen molar-refractivity contribution in [2.45, 2.75) is 18.9 Å². The molecule has 0 saturated carbocycles. The van der Waals surface area contributed by atoms with Gasteiger partial charge in [-0.2, -0.15) is 0 Å². The number of primary amides is 2. The van der Waals surface area contributed by atoms with Gasteiger partial charge in [0, 0.05) is 12.1 Å². The van der Waals surface area contributed by atoms with E-state index in [-0.39, 0.29) is 12.8 Å². The zero-order chi connectivity index (χ0) is 14.4. The summed E-state index contributed by atoms with van der Waals surface area (Å²) in [7, 11) is 0. The SMILES string of the molecule is NC(=O)CCC(C(=O)O)N(C(N)=O)c1ccccc1. The average molecular weight is 265 g/mol. The molecular formula is C12H15N3O4. The van der Waals surface area contributed by atoms with Crippen molar-refractivity contribution in [3.8, 4) is 0 Å². The highest BCUT2D eigenvalue weighted by Gasteiger charge is 2.29. The quantitative estimate of drug-likeness (QED) is 0.683. The fourth-order valence-corrected chi connectivity index (χ4v) is 1.69. The van der Waals surface area contributed by atoms with Gasteiger partial charge in [0.1, 0.15) is 6.04 Å². The van der Waals surface area contributed by atoms with Crippen LogP contribution < -0.4 is 16.4 Å². The number of carboxylic acid groups (broad SMARTS) is 1. The molecule has 0 bridgehead atoms. The summed E-state index contributed by atoms with van der Waals surface area (Å²) in [6.45, 7) is 0. The van der Waals surface area contributed by atoms with Crippen molar-refractivity contribution in [2.24, 2.45) is 11.5 Å². The van der Waals surface area contributed by atoms with Crippen LogP contribution in [0.25, 0.3) is 0 Å². The lowest BCUT2D eigenvalue weighted by Gasteiger charge is -2.27. The maximum atomic E-state index is 11.5. The summed E-state index contributed by atoms with van der Waals surface area (Å²) in [6.07, 6.45) is -0.240. The Morgan fingerprint density at radius 1 is 1.16 bits per heavy atom. The van der Waals surface area contributed by atoms with E-state index in [2.05, 4.69) is 0 Å². The molecule has 0 aliphatic carbocycles. The average Bonchev–Trinajstić information content (AvgIpc) is 2.34. The lowest BCUT2D eigenvalue weighted by Crippen LogP contribution is -2.48. The minimum atomic E-state index is -1.25. The number of anilines is 1. The third-order valence-electron chi connectivity index (χ3n) is 2.53. The zero-order valence-electron chi connectivity index (χ0n) is 10.2. The van der Waals surface area contributed by atoms with Crippen LogP contribution in [0, 0.1) is 0 Å². The number of amides is 3. The second kappa shape index (κ2) is 6.39. The second-order valence-corrected chi connectivity index (χ2v) is 3.90. The van der Waals surface area contributed by atoms with Crippen LogP contribution in [0.1, 0.15) is 12.8 Å². The molecule has 0 radical (unpaired) electrons. The van der Waals surface area contributed by atoms with Gasteiger partial charge in [-0.1, -0.05) is 18.2 Å². The van der Waals surface area contributed by atoms with Crippen LogP contribution in [0.5, 0.6) is 0 Å². The molecule has 0 saturated heterocycles. The monoisotopic (exact) mass is 265 g/mol. The van der Waals surface area contributed by atoms with Gasteiger partial charge in [0.15, 0.2) is 0 Å². The van der Waals surface area contributed by atoms with Crippen LogP contribution in [0.4, 0.5) is 10.5 Å². The third kappa shape index (κ3) is 3.98. The molecule has 1 aromatic carbocycles. The number of urea groups is 1. The standard InChI is InChI=1S/C12H15N3O4/c13-10(16)7-6-9(11(17)18)15(12(14)19)8-4-2-1-3-5-8/h1-5,9H,6-7H2,(H2,13,16)(H2,14,19)(H,17,18). The molecule has 0 heterocycles. The van der Waals surface area contributed by atoms with Crippen molar-refractivity contribution in [1.82, 2.24) is 0 Å². The van der Waals surface area contributed by atoms with Gasteiger partial charge in [-0.15, -0.1) is 0 Å². The van der Waals surface area contributed by atoms with E-state index in [1.807, 2.05) is 0 Å². The number of carboxylic acids is 1. The molecule has 0 fully saturated rings. The number of carbonyl (C=O) groups excluding carboxylic acids is 2. The van der Waals surface area contributed by atoms with Gasteiger partial charge in [-0.25, -0.2) is 9.59 Å². The highest BCUT2D eigenvalue weighted by atomic mass is 16.4. The normalized spacial score (nSPS) is 11.6. The van der Waals surface area contributed by atoms with Crippen molar-refractivity contribution in [3.63, 3.8) is 0 Å². The molecule has 1 unspecified atom stereocenters. The fourth-order valence-electron chi connectivity index (χ4n) is 1.69. The van der Waals surface area contributed by atoms with E-state index in [9.17, 15) is 14.4 Å². The summed E-state index contributed by atoms with van der Waals surface area (Å²) in [5.74, 6) is -1.88. The molecule has 0 aliphatic heterocycles. The molecule has 102 valence electrons. The topological polar surface area (TPSA) is 127 Å². The summed E-state index contributed by atoms with van der Waals surface area (Å²) in [6, 6.07) is 6.02. The molecule has 19 heavy (non-hydrogen) atoms. The van der Waals surface area contributed by atoms with Crippen LogP contribution in [-0.4, -0.2) is 29.1 Å². The number of nitrogens with zero attached hydrogens (tertiary/aromatic N) is 1. The molecule has 5 N–H and O–H groups in total. The summed E-state index contributed by atoms with van der Waals surface area (Å²) in [5.41, 5.74) is 10.6. The van der Waals surface area contributed by atoms with E-state index in [0.717, 1.165) is 4.90 Å². The van der Waals surface area contributed by atoms with Crippen LogP contribution in [-0.2, 0) is 9.59 Å². The summed E-state index contributed by atoms with van der Waals surface area (Å²) < 4.78 is 0. The van der Waals surface area contributed by atoms with Gasteiger partial charge >= 0.3 is 12.0 Å². The maximum absolute atomic E-state index is 11.5. The Morgan fingerprint density at radius 2 is 1.74 bits per heavy atom. The van der Waals surface area contributed by atoms with Crippen molar-refractivity contribution in [3.05, 3.63) is 30.3 Å². The van der Waals surface area contributed by atoms with E-state index < -0.39 is 23.9 Å². The van der Waals surface area contributed by atoms with Crippen molar-refractivity contribution < 1.29 is 19.5 Å². The molecule has 1 atom stereocenters. The first kappa shape index (κ1) is 14.5. The number of carbonyl (C=O) groups is 3. The highest BCUT2D eigenvalue weighted by molar-refractivity contribution is 5.97. The number of benzene rings is 1. The van der Waals surface area contributed by atoms with E-state index in [4.69, 9.17) is 16.6 Å². The largest absolute Gasteiger partial charge is 0.480 e. The summed E-state index contributed by atoms with van der Waals surface area (Å²) in [4.78, 5) is 34.4. The molecule has 7 heteroatoms. The molecule has 0 spiro atoms. The predicted molar refractivity (Wildman–Crippen MR) is 68.4 cm³/mol.